The average Bonchev–Trinajstić information content (AvgIpc) is 2.56. The lowest BCUT2D eigenvalue weighted by molar-refractivity contribution is -0.0191. The number of aliphatic hydroxyl groups is 1. The number of methoxy groups -OCH3 is 1. The molecule has 3 atom stereocenters. The fraction of sp³-hybridized carbons (Fsp3) is 0.700. The Labute approximate surface area is 146 Å². The fourth-order valence-corrected chi connectivity index (χ4v) is 4.11. The number of aromatic hydroxyl groups is 1. The number of phenols is 1. The van der Waals surface area contributed by atoms with E-state index in [1.165, 1.54) is 11.1 Å². The van der Waals surface area contributed by atoms with Gasteiger partial charge >= 0.3 is 0 Å². The zero-order valence-electron chi connectivity index (χ0n) is 15.7. The van der Waals surface area contributed by atoms with Crippen LogP contribution in [0.1, 0.15) is 57.7 Å². The lowest BCUT2D eigenvalue weighted by atomic mass is 9.79. The van der Waals surface area contributed by atoms with Gasteiger partial charge in [0.2, 0.25) is 0 Å². The van der Waals surface area contributed by atoms with Crippen molar-refractivity contribution in [1.82, 2.24) is 4.90 Å². The molecule has 0 radical (unpaired) electrons. The van der Waals surface area contributed by atoms with Gasteiger partial charge in [0, 0.05) is 19.1 Å². The van der Waals surface area contributed by atoms with Crippen molar-refractivity contribution in [3.63, 3.8) is 0 Å². The van der Waals surface area contributed by atoms with E-state index in [9.17, 15) is 10.2 Å². The molecule has 1 aromatic rings. The topological polar surface area (TPSA) is 52.9 Å². The van der Waals surface area contributed by atoms with Gasteiger partial charge in [0.15, 0.2) is 11.5 Å². The van der Waals surface area contributed by atoms with Crippen molar-refractivity contribution in [2.24, 2.45) is 11.8 Å². The van der Waals surface area contributed by atoms with Gasteiger partial charge in [0.25, 0.3) is 0 Å². The molecule has 2 unspecified atom stereocenters. The van der Waals surface area contributed by atoms with E-state index in [4.69, 9.17) is 4.74 Å². The molecule has 0 aliphatic carbocycles. The smallest absolute Gasteiger partial charge is 0.160 e. The van der Waals surface area contributed by atoms with Gasteiger partial charge in [0.1, 0.15) is 0 Å². The summed E-state index contributed by atoms with van der Waals surface area (Å²) in [4.78, 5) is 2.50. The lowest BCUT2D eigenvalue weighted by Gasteiger charge is -2.46. The Hall–Kier alpha value is -1.26. The van der Waals surface area contributed by atoms with Crippen molar-refractivity contribution < 1.29 is 14.9 Å². The molecule has 4 nitrogen and oxygen atoms in total. The van der Waals surface area contributed by atoms with E-state index in [1.54, 1.807) is 7.11 Å². The number of nitrogens with zero attached hydrogens (tertiary/aromatic N) is 1. The fourth-order valence-electron chi connectivity index (χ4n) is 4.11. The normalized spacial score (nSPS) is 26.2. The molecule has 1 aromatic carbocycles. The molecule has 1 fully saturated rings. The first-order chi connectivity index (χ1) is 11.5. The monoisotopic (exact) mass is 335 g/mol. The van der Waals surface area contributed by atoms with E-state index in [0.717, 1.165) is 32.4 Å². The molecule has 2 aliphatic heterocycles. The van der Waals surface area contributed by atoms with Gasteiger partial charge in [-0.15, -0.1) is 0 Å². The third-order valence-electron chi connectivity index (χ3n) is 5.16. The SMILES string of the molecule is CC.COc1cc2c(cc1O)CCN1C[C@@H](CC(C)C)C(O)CC21. The Bertz CT molecular complexity index is 544. The van der Waals surface area contributed by atoms with Crippen LogP contribution < -0.4 is 4.74 Å². The van der Waals surface area contributed by atoms with Crippen molar-refractivity contribution >= 4 is 0 Å². The molecular weight excluding hydrogens is 302 g/mol. The highest BCUT2D eigenvalue weighted by Gasteiger charge is 2.38. The van der Waals surface area contributed by atoms with Gasteiger partial charge in [0.05, 0.1) is 13.2 Å². The van der Waals surface area contributed by atoms with E-state index >= 15 is 0 Å². The average molecular weight is 335 g/mol. The van der Waals surface area contributed by atoms with Crippen LogP contribution in [0.5, 0.6) is 11.5 Å². The highest BCUT2D eigenvalue weighted by molar-refractivity contribution is 5.48. The van der Waals surface area contributed by atoms with Crippen molar-refractivity contribution in [3.05, 3.63) is 23.3 Å². The second-order valence-corrected chi connectivity index (χ2v) is 7.18. The number of fused-ring (bicyclic) bond motifs is 3. The summed E-state index contributed by atoms with van der Waals surface area (Å²) in [6.45, 7) is 10.4. The molecule has 2 aliphatic rings. The Balaban J connectivity index is 0.00000100. The summed E-state index contributed by atoms with van der Waals surface area (Å²) < 4.78 is 5.26. The molecule has 2 N–H and O–H groups in total. The Morgan fingerprint density at radius 1 is 1.29 bits per heavy atom. The summed E-state index contributed by atoms with van der Waals surface area (Å²) in [5, 5.41) is 20.5. The zero-order chi connectivity index (χ0) is 17.9. The molecule has 0 amide bonds. The van der Waals surface area contributed by atoms with Crippen LogP contribution in [-0.4, -0.2) is 41.4 Å². The van der Waals surface area contributed by atoms with Crippen molar-refractivity contribution in [2.45, 2.75) is 59.1 Å². The van der Waals surface area contributed by atoms with Gasteiger partial charge in [-0.25, -0.2) is 0 Å². The first-order valence-electron chi connectivity index (χ1n) is 9.31. The number of ether oxygens (including phenoxy) is 1. The van der Waals surface area contributed by atoms with Crippen molar-refractivity contribution in [1.29, 1.82) is 0 Å². The summed E-state index contributed by atoms with van der Waals surface area (Å²) in [6, 6.07) is 4.03. The number of piperidine rings is 1. The first-order valence-corrected chi connectivity index (χ1v) is 9.31. The predicted octanol–water partition coefficient (Wildman–Crippen LogP) is 3.75. The third kappa shape index (κ3) is 3.86. The van der Waals surface area contributed by atoms with Crippen LogP contribution in [0.4, 0.5) is 0 Å². The van der Waals surface area contributed by atoms with Gasteiger partial charge in [-0.2, -0.15) is 0 Å². The number of aliphatic hydroxyl groups excluding tert-OH is 1. The van der Waals surface area contributed by atoms with Crippen LogP contribution in [0.25, 0.3) is 0 Å². The van der Waals surface area contributed by atoms with Crippen LogP contribution in [-0.2, 0) is 6.42 Å². The highest BCUT2D eigenvalue weighted by atomic mass is 16.5. The first kappa shape index (κ1) is 19.1. The molecule has 0 bridgehead atoms. The molecule has 136 valence electrons. The predicted molar refractivity (Wildman–Crippen MR) is 97.6 cm³/mol. The van der Waals surface area contributed by atoms with Gasteiger partial charge in [-0.3, -0.25) is 4.90 Å². The van der Waals surface area contributed by atoms with Gasteiger partial charge in [-0.05, 0) is 54.4 Å². The number of rotatable bonds is 3. The van der Waals surface area contributed by atoms with Crippen LogP contribution in [0.3, 0.4) is 0 Å². The minimum Gasteiger partial charge on any atom is -0.504 e. The Morgan fingerprint density at radius 2 is 2.00 bits per heavy atom. The highest BCUT2D eigenvalue weighted by Crippen LogP contribution is 2.43. The number of hydrogen-bond acceptors (Lipinski definition) is 4. The molecule has 4 heteroatoms. The Kier molecular flexibility index (Phi) is 6.53. The van der Waals surface area contributed by atoms with Crippen LogP contribution in [0.15, 0.2) is 12.1 Å². The van der Waals surface area contributed by atoms with Gasteiger partial charge < -0.3 is 14.9 Å². The molecule has 0 saturated carbocycles. The number of benzene rings is 1. The van der Waals surface area contributed by atoms with Crippen LogP contribution in [0.2, 0.25) is 0 Å². The van der Waals surface area contributed by atoms with E-state index < -0.39 is 0 Å². The number of phenolic OH excluding ortho intramolecular Hbond substituents is 1. The molecule has 2 heterocycles. The minimum absolute atomic E-state index is 0.212. The molecule has 24 heavy (non-hydrogen) atoms. The van der Waals surface area contributed by atoms with E-state index in [0.29, 0.717) is 17.6 Å². The summed E-state index contributed by atoms with van der Waals surface area (Å²) in [7, 11) is 1.58. The Morgan fingerprint density at radius 3 is 2.62 bits per heavy atom. The van der Waals surface area contributed by atoms with Crippen molar-refractivity contribution in [3.8, 4) is 11.5 Å². The molecular formula is C20H33NO3. The molecule has 1 saturated heterocycles. The van der Waals surface area contributed by atoms with Crippen molar-refractivity contribution in [2.75, 3.05) is 20.2 Å². The van der Waals surface area contributed by atoms with E-state index in [2.05, 4.69) is 18.7 Å². The molecule has 0 aromatic heterocycles. The summed E-state index contributed by atoms with van der Waals surface area (Å²) in [5.41, 5.74) is 2.40. The second kappa shape index (κ2) is 8.21. The van der Waals surface area contributed by atoms with Crippen LogP contribution >= 0.6 is 0 Å². The minimum atomic E-state index is -0.241. The largest absolute Gasteiger partial charge is 0.504 e. The zero-order valence-corrected chi connectivity index (χ0v) is 15.7. The maximum atomic E-state index is 10.6. The second-order valence-electron chi connectivity index (χ2n) is 7.18. The maximum Gasteiger partial charge on any atom is 0.160 e. The summed E-state index contributed by atoms with van der Waals surface area (Å²) in [5.74, 6) is 1.73. The van der Waals surface area contributed by atoms with Gasteiger partial charge in [-0.1, -0.05) is 27.7 Å². The standard InChI is InChI=1S/C18H27NO3.C2H6/c1-11(2)6-13-10-19-5-4-12-7-17(21)18(22-3)8-14(12)15(19)9-16(13)20;1-2/h7-8,11,13,15-16,20-21H,4-6,9-10H2,1-3H3;1-2H3/t13-,15?,16?;/m1./s1. The lowest BCUT2D eigenvalue weighted by Crippen LogP contribution is -2.48. The van der Waals surface area contributed by atoms with E-state index in [1.807, 2.05) is 26.0 Å². The quantitative estimate of drug-likeness (QED) is 0.883. The number of hydrogen-bond donors (Lipinski definition) is 2. The van der Waals surface area contributed by atoms with Crippen LogP contribution in [0, 0.1) is 11.8 Å². The van der Waals surface area contributed by atoms with E-state index in [-0.39, 0.29) is 17.9 Å². The summed E-state index contributed by atoms with van der Waals surface area (Å²) >= 11 is 0. The molecule has 0 spiro atoms. The maximum absolute atomic E-state index is 10.6. The third-order valence-corrected chi connectivity index (χ3v) is 5.16. The summed E-state index contributed by atoms with van der Waals surface area (Å²) in [6.07, 6.45) is 2.57. The molecule has 3 rings (SSSR count).